The van der Waals surface area contributed by atoms with Crippen LogP contribution >= 0.6 is 12.4 Å². The first-order chi connectivity index (χ1) is 11.4. The molecule has 0 aliphatic rings. The molecule has 0 radical (unpaired) electrons. The number of imidazole rings is 1. The lowest BCUT2D eigenvalue weighted by molar-refractivity contribution is 0.926. The van der Waals surface area contributed by atoms with Crippen molar-refractivity contribution in [3.05, 3.63) is 84.4 Å². The Bertz CT molecular complexity index is 869. The normalized spacial score (nSPS) is 10.5. The molecule has 0 fully saturated rings. The second-order valence-electron chi connectivity index (χ2n) is 5.22. The van der Waals surface area contributed by atoms with Crippen molar-refractivity contribution in [1.82, 2.24) is 19.9 Å². The highest BCUT2D eigenvalue weighted by Gasteiger charge is 2.16. The van der Waals surface area contributed by atoms with E-state index >= 15 is 0 Å². The number of nitrogens with one attached hydrogen (secondary N) is 2. The van der Waals surface area contributed by atoms with Crippen LogP contribution in [-0.4, -0.2) is 19.9 Å². The molecule has 0 aliphatic heterocycles. The summed E-state index contributed by atoms with van der Waals surface area (Å²) >= 11 is 0. The van der Waals surface area contributed by atoms with Gasteiger partial charge in [-0.15, -0.1) is 12.4 Å². The molecule has 2 aromatic heterocycles. The van der Waals surface area contributed by atoms with Gasteiger partial charge in [-0.3, -0.25) is 0 Å². The van der Waals surface area contributed by atoms with Crippen molar-refractivity contribution in [3.63, 3.8) is 0 Å². The van der Waals surface area contributed by atoms with Gasteiger partial charge in [0.15, 0.2) is 11.5 Å². The van der Waals surface area contributed by atoms with E-state index in [0.29, 0.717) is 5.65 Å². The number of nitrogens with zero attached hydrogens (tertiary/aromatic N) is 3. The van der Waals surface area contributed by atoms with Crippen LogP contribution < -0.4 is 5.32 Å². The summed E-state index contributed by atoms with van der Waals surface area (Å²) in [6.45, 7) is 0. The maximum Gasteiger partial charge on any atom is 0.182 e. The minimum Gasteiger partial charge on any atom is -0.357 e. The number of hydrogen-bond donors (Lipinski definition) is 2. The van der Waals surface area contributed by atoms with Crippen LogP contribution in [0.25, 0.3) is 11.2 Å². The van der Waals surface area contributed by atoms with E-state index in [1.54, 1.807) is 6.33 Å². The molecule has 0 spiro atoms. The van der Waals surface area contributed by atoms with Crippen molar-refractivity contribution in [2.45, 2.75) is 6.04 Å². The molecule has 4 aromatic rings. The van der Waals surface area contributed by atoms with Gasteiger partial charge in [-0.05, 0) is 11.1 Å². The van der Waals surface area contributed by atoms with E-state index in [4.69, 9.17) is 0 Å². The highest BCUT2D eigenvalue weighted by molar-refractivity contribution is 5.85. The van der Waals surface area contributed by atoms with E-state index in [0.717, 1.165) is 11.3 Å². The summed E-state index contributed by atoms with van der Waals surface area (Å²) in [6, 6.07) is 20.6. The van der Waals surface area contributed by atoms with E-state index < -0.39 is 0 Å². The van der Waals surface area contributed by atoms with Crippen LogP contribution in [0.4, 0.5) is 5.82 Å². The molecule has 6 heteroatoms. The minimum absolute atomic E-state index is 0. The van der Waals surface area contributed by atoms with Crippen LogP contribution in [0.3, 0.4) is 0 Å². The van der Waals surface area contributed by atoms with Crippen LogP contribution in [0.15, 0.2) is 73.3 Å². The summed E-state index contributed by atoms with van der Waals surface area (Å²) in [7, 11) is 0. The first kappa shape index (κ1) is 16.0. The summed E-state index contributed by atoms with van der Waals surface area (Å²) < 4.78 is 0. The molecule has 120 valence electrons. The number of anilines is 1. The number of aromatic amines is 1. The number of rotatable bonds is 4. The third-order valence-corrected chi connectivity index (χ3v) is 3.77. The van der Waals surface area contributed by atoms with Gasteiger partial charge in [-0.2, -0.15) is 0 Å². The fraction of sp³-hybridized carbons (Fsp3) is 0.0556. The number of hydrogen-bond acceptors (Lipinski definition) is 4. The Hall–Kier alpha value is -2.92. The molecular formula is C18H16ClN5. The van der Waals surface area contributed by atoms with Crippen molar-refractivity contribution in [2.24, 2.45) is 0 Å². The van der Waals surface area contributed by atoms with Crippen LogP contribution in [0, 0.1) is 0 Å². The molecule has 2 heterocycles. The largest absolute Gasteiger partial charge is 0.357 e. The third kappa shape index (κ3) is 3.07. The Balaban J connectivity index is 0.00000169. The smallest absolute Gasteiger partial charge is 0.182 e. The molecule has 2 aromatic carbocycles. The zero-order valence-electron chi connectivity index (χ0n) is 12.8. The summed E-state index contributed by atoms with van der Waals surface area (Å²) in [5.74, 6) is 0.741. The van der Waals surface area contributed by atoms with Gasteiger partial charge in [-0.25, -0.2) is 15.0 Å². The van der Waals surface area contributed by atoms with E-state index in [9.17, 15) is 0 Å². The summed E-state index contributed by atoms with van der Waals surface area (Å²) in [6.07, 6.45) is 3.16. The third-order valence-electron chi connectivity index (χ3n) is 3.77. The average molecular weight is 338 g/mol. The lowest BCUT2D eigenvalue weighted by atomic mass is 9.99. The molecule has 24 heavy (non-hydrogen) atoms. The molecule has 0 aliphatic carbocycles. The molecule has 0 bridgehead atoms. The van der Waals surface area contributed by atoms with Gasteiger partial charge in [0.25, 0.3) is 0 Å². The van der Waals surface area contributed by atoms with Crippen LogP contribution in [0.1, 0.15) is 17.2 Å². The average Bonchev–Trinajstić information content (AvgIpc) is 3.11. The molecule has 0 saturated heterocycles. The highest BCUT2D eigenvalue weighted by Crippen LogP contribution is 2.27. The molecular weight excluding hydrogens is 322 g/mol. The molecule has 0 amide bonds. The topological polar surface area (TPSA) is 66.5 Å². The first-order valence-electron chi connectivity index (χ1n) is 7.42. The van der Waals surface area contributed by atoms with Gasteiger partial charge in [0.1, 0.15) is 11.8 Å². The molecule has 0 atom stereocenters. The summed E-state index contributed by atoms with van der Waals surface area (Å²) in [5.41, 5.74) is 3.81. The maximum atomic E-state index is 4.38. The van der Waals surface area contributed by atoms with Crippen molar-refractivity contribution < 1.29 is 0 Å². The van der Waals surface area contributed by atoms with Gasteiger partial charge in [0, 0.05) is 0 Å². The Kier molecular flexibility index (Phi) is 4.72. The fourth-order valence-corrected chi connectivity index (χ4v) is 2.66. The number of H-pyrrole nitrogens is 1. The van der Waals surface area contributed by atoms with Crippen molar-refractivity contribution in [3.8, 4) is 0 Å². The van der Waals surface area contributed by atoms with Crippen LogP contribution in [0.5, 0.6) is 0 Å². The van der Waals surface area contributed by atoms with Crippen molar-refractivity contribution >= 4 is 29.4 Å². The first-order valence-corrected chi connectivity index (χ1v) is 7.42. The van der Waals surface area contributed by atoms with Crippen LogP contribution in [-0.2, 0) is 0 Å². The molecule has 2 N–H and O–H groups in total. The molecule has 5 nitrogen and oxygen atoms in total. The van der Waals surface area contributed by atoms with E-state index in [2.05, 4.69) is 49.5 Å². The van der Waals surface area contributed by atoms with E-state index in [-0.39, 0.29) is 18.4 Å². The van der Waals surface area contributed by atoms with E-state index in [1.165, 1.54) is 17.5 Å². The number of aromatic nitrogens is 4. The predicted molar refractivity (Wildman–Crippen MR) is 97.3 cm³/mol. The standard InChI is InChI=1S/C18H15N5.ClH/c1-3-7-13(8-4-1)15(14-9-5-2-6-10-14)23-18-16-17(20-11-19-16)21-12-22-18;/h1-12,15H,(H2,19,20,21,22,23);1H. The Labute approximate surface area is 145 Å². The zero-order chi connectivity index (χ0) is 15.5. The fourth-order valence-electron chi connectivity index (χ4n) is 2.66. The zero-order valence-corrected chi connectivity index (χ0v) is 13.6. The molecule has 4 rings (SSSR count). The lowest BCUT2D eigenvalue weighted by Gasteiger charge is -2.20. The second-order valence-corrected chi connectivity index (χ2v) is 5.22. The van der Waals surface area contributed by atoms with Gasteiger partial charge in [-0.1, -0.05) is 60.7 Å². The lowest BCUT2D eigenvalue weighted by Crippen LogP contribution is -2.13. The SMILES string of the molecule is Cl.c1ccc(C(Nc2ncnc3nc[nH]c23)c2ccccc2)cc1. The molecule has 0 unspecified atom stereocenters. The Morgan fingerprint density at radius 3 is 2.04 bits per heavy atom. The van der Waals surface area contributed by atoms with Gasteiger partial charge >= 0.3 is 0 Å². The number of benzene rings is 2. The summed E-state index contributed by atoms with van der Waals surface area (Å²) in [5, 5.41) is 3.52. The maximum absolute atomic E-state index is 4.38. The summed E-state index contributed by atoms with van der Waals surface area (Å²) in [4.78, 5) is 15.8. The second kappa shape index (κ2) is 7.10. The highest BCUT2D eigenvalue weighted by atomic mass is 35.5. The van der Waals surface area contributed by atoms with Crippen molar-refractivity contribution in [1.29, 1.82) is 0 Å². The minimum atomic E-state index is -0.00111. The Morgan fingerprint density at radius 1 is 0.792 bits per heavy atom. The van der Waals surface area contributed by atoms with E-state index in [1.807, 2.05) is 36.4 Å². The molecule has 0 saturated carbocycles. The van der Waals surface area contributed by atoms with Gasteiger partial charge in [0.2, 0.25) is 0 Å². The Morgan fingerprint density at radius 2 is 1.42 bits per heavy atom. The quantitative estimate of drug-likeness (QED) is 0.591. The van der Waals surface area contributed by atoms with Crippen molar-refractivity contribution in [2.75, 3.05) is 5.32 Å². The van der Waals surface area contributed by atoms with Crippen LogP contribution in [0.2, 0.25) is 0 Å². The number of halogens is 1. The van der Waals surface area contributed by atoms with Gasteiger partial charge in [0.05, 0.1) is 12.4 Å². The monoisotopic (exact) mass is 337 g/mol. The number of fused-ring (bicyclic) bond motifs is 1. The van der Waals surface area contributed by atoms with Gasteiger partial charge < -0.3 is 10.3 Å². The predicted octanol–water partition coefficient (Wildman–Crippen LogP) is 3.98.